The number of hydrogen-bond acceptors (Lipinski definition) is 2. The standard InChI is InChI=1S/C15H26N2O.ClH/c1-9-5-10(2)8-17(7-9)15(18)13-11-3-4-12(6-11)14(13)16;/h9-14H,3-8,16H2,1-2H3;1H. The van der Waals surface area contributed by atoms with Crippen LogP contribution in [0.2, 0.25) is 0 Å². The van der Waals surface area contributed by atoms with Gasteiger partial charge in [0, 0.05) is 19.1 Å². The largest absolute Gasteiger partial charge is 0.342 e. The molecule has 2 bridgehead atoms. The van der Waals surface area contributed by atoms with E-state index < -0.39 is 0 Å². The zero-order chi connectivity index (χ0) is 12.9. The molecule has 19 heavy (non-hydrogen) atoms. The van der Waals surface area contributed by atoms with Gasteiger partial charge in [-0.25, -0.2) is 0 Å². The van der Waals surface area contributed by atoms with Crippen molar-refractivity contribution in [3.63, 3.8) is 0 Å². The summed E-state index contributed by atoms with van der Waals surface area (Å²) in [6.45, 7) is 6.42. The van der Waals surface area contributed by atoms with Crippen LogP contribution >= 0.6 is 12.4 Å². The number of piperidine rings is 1. The topological polar surface area (TPSA) is 46.3 Å². The van der Waals surface area contributed by atoms with Crippen LogP contribution in [0.15, 0.2) is 0 Å². The lowest BCUT2D eigenvalue weighted by Crippen LogP contribution is -2.51. The Morgan fingerprint density at radius 3 is 2.16 bits per heavy atom. The van der Waals surface area contributed by atoms with Gasteiger partial charge in [-0.2, -0.15) is 0 Å². The maximum absolute atomic E-state index is 12.7. The Balaban J connectivity index is 0.00000133. The molecule has 2 aliphatic carbocycles. The Kier molecular flexibility index (Phi) is 4.46. The highest BCUT2D eigenvalue weighted by molar-refractivity contribution is 5.85. The molecule has 4 heteroatoms. The van der Waals surface area contributed by atoms with E-state index in [1.807, 2.05) is 0 Å². The molecule has 1 amide bonds. The van der Waals surface area contributed by atoms with Gasteiger partial charge in [-0.15, -0.1) is 12.4 Å². The van der Waals surface area contributed by atoms with Crippen molar-refractivity contribution in [2.45, 2.75) is 45.6 Å². The summed E-state index contributed by atoms with van der Waals surface area (Å²) in [4.78, 5) is 14.9. The number of likely N-dealkylation sites (tertiary alicyclic amines) is 1. The second kappa shape index (κ2) is 5.61. The molecule has 2 saturated carbocycles. The van der Waals surface area contributed by atoms with Crippen molar-refractivity contribution in [1.82, 2.24) is 4.90 Å². The molecule has 0 aromatic rings. The molecule has 110 valence electrons. The highest BCUT2D eigenvalue weighted by atomic mass is 35.5. The third kappa shape index (κ3) is 2.64. The molecule has 0 aromatic heterocycles. The van der Waals surface area contributed by atoms with Gasteiger partial charge in [0.1, 0.15) is 0 Å². The monoisotopic (exact) mass is 286 g/mol. The normalized spacial score (nSPS) is 45.1. The lowest BCUT2D eigenvalue weighted by Gasteiger charge is -2.39. The van der Waals surface area contributed by atoms with Crippen molar-refractivity contribution in [2.24, 2.45) is 35.3 Å². The fraction of sp³-hybridized carbons (Fsp3) is 0.933. The third-order valence-electron chi connectivity index (χ3n) is 5.45. The lowest BCUT2D eigenvalue weighted by molar-refractivity contribution is -0.140. The predicted molar refractivity (Wildman–Crippen MR) is 79.1 cm³/mol. The van der Waals surface area contributed by atoms with E-state index in [1.54, 1.807) is 0 Å². The number of fused-ring (bicyclic) bond motifs is 2. The van der Waals surface area contributed by atoms with Gasteiger partial charge in [-0.3, -0.25) is 4.79 Å². The van der Waals surface area contributed by atoms with Crippen LogP contribution in [-0.2, 0) is 4.79 Å². The van der Waals surface area contributed by atoms with E-state index >= 15 is 0 Å². The minimum atomic E-state index is 0. The molecule has 1 aliphatic heterocycles. The van der Waals surface area contributed by atoms with Gasteiger partial charge >= 0.3 is 0 Å². The average Bonchev–Trinajstić information content (AvgIpc) is 2.87. The van der Waals surface area contributed by atoms with Gasteiger partial charge in [0.05, 0.1) is 5.92 Å². The van der Waals surface area contributed by atoms with Crippen molar-refractivity contribution in [2.75, 3.05) is 13.1 Å². The van der Waals surface area contributed by atoms with Crippen molar-refractivity contribution >= 4 is 18.3 Å². The molecular weight excluding hydrogens is 260 g/mol. The number of hydrogen-bond donors (Lipinski definition) is 1. The molecule has 2 N–H and O–H groups in total. The maximum atomic E-state index is 12.7. The number of amides is 1. The van der Waals surface area contributed by atoms with Crippen molar-refractivity contribution in [3.8, 4) is 0 Å². The highest BCUT2D eigenvalue weighted by Crippen LogP contribution is 2.48. The SMILES string of the molecule is CC1CC(C)CN(C(=O)C2C3CCC(C3)C2N)C1.Cl. The van der Waals surface area contributed by atoms with Crippen molar-refractivity contribution < 1.29 is 4.79 Å². The summed E-state index contributed by atoms with van der Waals surface area (Å²) in [6, 6.07) is 0.142. The van der Waals surface area contributed by atoms with Crippen LogP contribution in [0.25, 0.3) is 0 Å². The Morgan fingerprint density at radius 1 is 1.05 bits per heavy atom. The van der Waals surface area contributed by atoms with Gasteiger partial charge in [0.15, 0.2) is 0 Å². The van der Waals surface area contributed by atoms with E-state index in [4.69, 9.17) is 5.73 Å². The second-order valence-electron chi connectivity index (χ2n) is 7.13. The van der Waals surface area contributed by atoms with Crippen LogP contribution in [0.1, 0.15) is 39.5 Å². The number of carbonyl (C=O) groups excluding carboxylic acids is 1. The maximum Gasteiger partial charge on any atom is 0.227 e. The summed E-state index contributed by atoms with van der Waals surface area (Å²) in [6.07, 6.45) is 4.94. The number of nitrogens with zero attached hydrogens (tertiary/aromatic N) is 1. The van der Waals surface area contributed by atoms with E-state index in [0.717, 1.165) is 13.1 Å². The molecule has 0 aromatic carbocycles. The van der Waals surface area contributed by atoms with Crippen LogP contribution in [0.3, 0.4) is 0 Å². The number of carbonyl (C=O) groups is 1. The van der Waals surface area contributed by atoms with Crippen molar-refractivity contribution in [3.05, 3.63) is 0 Å². The van der Waals surface area contributed by atoms with Crippen LogP contribution in [0.5, 0.6) is 0 Å². The first-order valence-electron chi connectivity index (χ1n) is 7.60. The van der Waals surface area contributed by atoms with E-state index in [-0.39, 0.29) is 24.4 Å². The van der Waals surface area contributed by atoms with E-state index in [0.29, 0.717) is 29.6 Å². The third-order valence-corrected chi connectivity index (χ3v) is 5.45. The summed E-state index contributed by atoms with van der Waals surface area (Å²) in [5.41, 5.74) is 6.29. The van der Waals surface area contributed by atoms with Gasteiger partial charge in [0.25, 0.3) is 0 Å². The molecule has 3 fully saturated rings. The van der Waals surface area contributed by atoms with Gasteiger partial charge < -0.3 is 10.6 Å². The smallest absolute Gasteiger partial charge is 0.227 e. The molecular formula is C15H27ClN2O. The summed E-state index contributed by atoms with van der Waals surface area (Å²) < 4.78 is 0. The van der Waals surface area contributed by atoms with Gasteiger partial charge in [-0.1, -0.05) is 13.8 Å². The summed E-state index contributed by atoms with van der Waals surface area (Å²) >= 11 is 0. The summed E-state index contributed by atoms with van der Waals surface area (Å²) in [5, 5.41) is 0. The number of nitrogens with two attached hydrogens (primary N) is 1. The average molecular weight is 287 g/mol. The number of halogens is 1. The fourth-order valence-corrected chi connectivity index (χ4v) is 4.76. The van der Waals surface area contributed by atoms with Gasteiger partial charge in [0.2, 0.25) is 5.91 Å². The Morgan fingerprint density at radius 2 is 1.63 bits per heavy atom. The fourth-order valence-electron chi connectivity index (χ4n) is 4.76. The quantitative estimate of drug-likeness (QED) is 0.804. The van der Waals surface area contributed by atoms with Gasteiger partial charge in [-0.05, 0) is 49.4 Å². The molecule has 0 radical (unpaired) electrons. The number of rotatable bonds is 1. The summed E-state index contributed by atoms with van der Waals surface area (Å²) in [7, 11) is 0. The molecule has 1 saturated heterocycles. The molecule has 1 heterocycles. The van der Waals surface area contributed by atoms with Crippen LogP contribution < -0.4 is 5.73 Å². The first-order chi connectivity index (χ1) is 8.56. The van der Waals surface area contributed by atoms with E-state index in [1.165, 1.54) is 25.7 Å². The lowest BCUT2D eigenvalue weighted by atomic mass is 9.82. The Hall–Kier alpha value is -0.280. The molecule has 3 nitrogen and oxygen atoms in total. The zero-order valence-electron chi connectivity index (χ0n) is 12.0. The minimum absolute atomic E-state index is 0. The molecule has 6 atom stereocenters. The first kappa shape index (κ1) is 15.1. The van der Waals surface area contributed by atoms with E-state index in [2.05, 4.69) is 18.7 Å². The summed E-state index contributed by atoms with van der Waals surface area (Å²) in [5.74, 6) is 3.02. The van der Waals surface area contributed by atoms with Crippen LogP contribution in [-0.4, -0.2) is 29.9 Å². The zero-order valence-corrected chi connectivity index (χ0v) is 12.9. The van der Waals surface area contributed by atoms with E-state index in [9.17, 15) is 4.79 Å². The molecule has 6 unspecified atom stereocenters. The van der Waals surface area contributed by atoms with Crippen LogP contribution in [0.4, 0.5) is 0 Å². The molecule has 3 rings (SSSR count). The minimum Gasteiger partial charge on any atom is -0.342 e. The Labute approximate surface area is 122 Å². The first-order valence-corrected chi connectivity index (χ1v) is 7.60. The Bertz CT molecular complexity index is 337. The van der Waals surface area contributed by atoms with Crippen molar-refractivity contribution in [1.29, 1.82) is 0 Å². The molecule has 0 spiro atoms. The predicted octanol–water partition coefficient (Wildman–Crippen LogP) is 2.29. The molecule has 3 aliphatic rings. The highest BCUT2D eigenvalue weighted by Gasteiger charge is 2.50. The van der Waals surface area contributed by atoms with Crippen LogP contribution in [0, 0.1) is 29.6 Å². The second-order valence-corrected chi connectivity index (χ2v) is 7.13.